The molecule has 0 unspecified atom stereocenters. The Balaban J connectivity index is 1.64. The van der Waals surface area contributed by atoms with Crippen LogP contribution < -0.4 is 4.74 Å². The third-order valence-electron chi connectivity index (χ3n) is 4.09. The van der Waals surface area contributed by atoms with Gasteiger partial charge in [-0.15, -0.1) is 11.3 Å². The molecule has 5 heteroatoms. The van der Waals surface area contributed by atoms with Gasteiger partial charge in [-0.2, -0.15) is 0 Å². The second kappa shape index (κ2) is 6.92. The van der Waals surface area contributed by atoms with Gasteiger partial charge in [-0.1, -0.05) is 0 Å². The van der Waals surface area contributed by atoms with Crippen LogP contribution in [0.4, 0.5) is 0 Å². The van der Waals surface area contributed by atoms with Crippen molar-refractivity contribution in [2.45, 2.75) is 19.3 Å². The first-order chi connectivity index (χ1) is 10.8. The number of ether oxygens (including phenoxy) is 1. The van der Waals surface area contributed by atoms with Gasteiger partial charge < -0.3 is 9.64 Å². The molecule has 1 fully saturated rings. The highest BCUT2D eigenvalue weighted by molar-refractivity contribution is 7.09. The zero-order chi connectivity index (χ0) is 15.4. The number of methoxy groups -OCH3 is 1. The van der Waals surface area contributed by atoms with E-state index in [0.717, 1.165) is 37.2 Å². The summed E-state index contributed by atoms with van der Waals surface area (Å²) in [4.78, 5) is 19.0. The highest BCUT2D eigenvalue weighted by Crippen LogP contribution is 2.23. The highest BCUT2D eigenvalue weighted by Gasteiger charge is 2.25. The lowest BCUT2D eigenvalue weighted by Crippen LogP contribution is -2.40. The van der Waals surface area contributed by atoms with Crippen LogP contribution in [0.3, 0.4) is 0 Å². The fraction of sp³-hybridized carbons (Fsp3) is 0.412. The minimum atomic E-state index is 0.117. The van der Waals surface area contributed by atoms with Gasteiger partial charge in [0.1, 0.15) is 5.75 Å². The zero-order valence-electron chi connectivity index (χ0n) is 12.7. The van der Waals surface area contributed by atoms with E-state index in [0.29, 0.717) is 5.92 Å². The molecule has 1 amide bonds. The molecule has 1 aromatic carbocycles. The van der Waals surface area contributed by atoms with E-state index in [1.807, 2.05) is 40.7 Å². The minimum absolute atomic E-state index is 0.117. The second-order valence-corrected chi connectivity index (χ2v) is 6.60. The average Bonchev–Trinajstić information content (AvgIpc) is 3.07. The summed E-state index contributed by atoms with van der Waals surface area (Å²) in [5.41, 5.74) is 0.732. The number of thiazole rings is 1. The van der Waals surface area contributed by atoms with E-state index in [2.05, 4.69) is 4.98 Å². The number of rotatable bonds is 4. The standard InChI is InChI=1S/C17H20N2O2S/c1-21-15-6-4-14(5-7-15)17(20)19-9-2-3-13(12-19)11-16-18-8-10-22-16/h4-8,10,13H,2-3,9,11-12H2,1H3/t13-/m1/s1. The lowest BCUT2D eigenvalue weighted by molar-refractivity contribution is 0.0673. The fourth-order valence-corrected chi connectivity index (χ4v) is 3.67. The van der Waals surface area contributed by atoms with Crippen LogP contribution in [0, 0.1) is 5.92 Å². The molecule has 0 saturated carbocycles. The third-order valence-corrected chi connectivity index (χ3v) is 4.89. The highest BCUT2D eigenvalue weighted by atomic mass is 32.1. The molecule has 0 radical (unpaired) electrons. The first-order valence-electron chi connectivity index (χ1n) is 7.58. The molecule has 1 aromatic heterocycles. The molecule has 116 valence electrons. The lowest BCUT2D eigenvalue weighted by Gasteiger charge is -2.32. The normalized spacial score (nSPS) is 18.2. The molecule has 2 aromatic rings. The number of piperidine rings is 1. The molecule has 22 heavy (non-hydrogen) atoms. The van der Waals surface area contributed by atoms with Gasteiger partial charge in [-0.25, -0.2) is 4.98 Å². The number of likely N-dealkylation sites (tertiary alicyclic amines) is 1. The van der Waals surface area contributed by atoms with Crippen molar-refractivity contribution in [1.29, 1.82) is 0 Å². The predicted molar refractivity (Wildman–Crippen MR) is 87.4 cm³/mol. The summed E-state index contributed by atoms with van der Waals surface area (Å²) in [6.45, 7) is 1.67. The Morgan fingerprint density at radius 3 is 2.91 bits per heavy atom. The van der Waals surface area contributed by atoms with Crippen LogP contribution in [-0.4, -0.2) is 36.0 Å². The van der Waals surface area contributed by atoms with Crippen molar-refractivity contribution in [3.05, 3.63) is 46.4 Å². The van der Waals surface area contributed by atoms with Gasteiger partial charge >= 0.3 is 0 Å². The number of amides is 1. The van der Waals surface area contributed by atoms with E-state index >= 15 is 0 Å². The zero-order valence-corrected chi connectivity index (χ0v) is 13.5. The van der Waals surface area contributed by atoms with Crippen molar-refractivity contribution >= 4 is 17.2 Å². The summed E-state index contributed by atoms with van der Waals surface area (Å²) in [5.74, 6) is 1.41. The largest absolute Gasteiger partial charge is 0.497 e. The Bertz CT molecular complexity index is 610. The molecule has 1 saturated heterocycles. The summed E-state index contributed by atoms with van der Waals surface area (Å²) in [6, 6.07) is 7.35. The summed E-state index contributed by atoms with van der Waals surface area (Å²) in [6.07, 6.45) is 5.07. The van der Waals surface area contributed by atoms with Crippen LogP contribution in [0.15, 0.2) is 35.8 Å². The maximum absolute atomic E-state index is 12.6. The number of hydrogen-bond donors (Lipinski definition) is 0. The predicted octanol–water partition coefficient (Wildman–Crippen LogP) is 3.25. The molecule has 4 nitrogen and oxygen atoms in total. The van der Waals surface area contributed by atoms with E-state index < -0.39 is 0 Å². The van der Waals surface area contributed by atoms with E-state index in [4.69, 9.17) is 4.74 Å². The Morgan fingerprint density at radius 1 is 1.41 bits per heavy atom. The van der Waals surface area contributed by atoms with Gasteiger partial charge in [0.2, 0.25) is 0 Å². The van der Waals surface area contributed by atoms with Crippen molar-refractivity contribution in [1.82, 2.24) is 9.88 Å². The van der Waals surface area contributed by atoms with Crippen molar-refractivity contribution in [2.24, 2.45) is 5.92 Å². The molecule has 0 bridgehead atoms. The topological polar surface area (TPSA) is 42.4 Å². The van der Waals surface area contributed by atoms with Crippen LogP contribution >= 0.6 is 11.3 Å². The van der Waals surface area contributed by atoms with E-state index in [9.17, 15) is 4.79 Å². The van der Waals surface area contributed by atoms with Gasteiger partial charge in [0.05, 0.1) is 12.1 Å². The van der Waals surface area contributed by atoms with E-state index in [-0.39, 0.29) is 5.91 Å². The van der Waals surface area contributed by atoms with Crippen molar-refractivity contribution in [3.63, 3.8) is 0 Å². The maximum Gasteiger partial charge on any atom is 0.253 e. The number of carbonyl (C=O) groups is 1. The molecular formula is C17H20N2O2S. The van der Waals surface area contributed by atoms with Crippen LogP contribution in [0.5, 0.6) is 5.75 Å². The Kier molecular flexibility index (Phi) is 4.73. The molecule has 3 rings (SSSR count). The Hall–Kier alpha value is -1.88. The number of carbonyl (C=O) groups excluding carboxylic acids is 1. The molecule has 0 aliphatic carbocycles. The summed E-state index contributed by atoms with van der Waals surface area (Å²) in [7, 11) is 1.63. The Morgan fingerprint density at radius 2 is 2.23 bits per heavy atom. The molecule has 2 heterocycles. The van der Waals surface area contributed by atoms with E-state index in [1.165, 1.54) is 11.4 Å². The fourth-order valence-electron chi connectivity index (χ4n) is 2.93. The minimum Gasteiger partial charge on any atom is -0.497 e. The number of nitrogens with zero attached hydrogens (tertiary/aromatic N) is 2. The monoisotopic (exact) mass is 316 g/mol. The van der Waals surface area contributed by atoms with Crippen LogP contribution in [0.1, 0.15) is 28.2 Å². The number of hydrogen-bond acceptors (Lipinski definition) is 4. The van der Waals surface area contributed by atoms with Crippen LogP contribution in [0.25, 0.3) is 0 Å². The Labute approximate surface area is 134 Å². The summed E-state index contributed by atoms with van der Waals surface area (Å²) in [5, 5.41) is 3.18. The molecule has 1 aliphatic rings. The quantitative estimate of drug-likeness (QED) is 0.869. The molecule has 1 atom stereocenters. The summed E-state index contributed by atoms with van der Waals surface area (Å²) >= 11 is 1.70. The van der Waals surface area contributed by atoms with Crippen LogP contribution in [-0.2, 0) is 6.42 Å². The average molecular weight is 316 g/mol. The third kappa shape index (κ3) is 3.47. The smallest absolute Gasteiger partial charge is 0.253 e. The summed E-state index contributed by atoms with van der Waals surface area (Å²) < 4.78 is 5.14. The van der Waals surface area contributed by atoms with Gasteiger partial charge in [0.25, 0.3) is 5.91 Å². The SMILES string of the molecule is COc1ccc(C(=O)N2CCC[C@H](Cc3nccs3)C2)cc1. The van der Waals surface area contributed by atoms with Crippen molar-refractivity contribution in [3.8, 4) is 5.75 Å². The van der Waals surface area contributed by atoms with E-state index in [1.54, 1.807) is 18.4 Å². The van der Waals surface area contributed by atoms with Gasteiger partial charge in [-0.05, 0) is 43.0 Å². The van der Waals surface area contributed by atoms with Gasteiger partial charge in [0.15, 0.2) is 0 Å². The second-order valence-electron chi connectivity index (χ2n) is 5.62. The number of aromatic nitrogens is 1. The lowest BCUT2D eigenvalue weighted by atomic mass is 9.94. The van der Waals surface area contributed by atoms with Crippen LogP contribution in [0.2, 0.25) is 0 Å². The molecule has 0 N–H and O–H groups in total. The van der Waals surface area contributed by atoms with Gasteiger partial charge in [0, 0.05) is 36.7 Å². The first kappa shape index (κ1) is 15.0. The van der Waals surface area contributed by atoms with Crippen molar-refractivity contribution in [2.75, 3.05) is 20.2 Å². The number of benzene rings is 1. The molecule has 1 aliphatic heterocycles. The maximum atomic E-state index is 12.6. The first-order valence-corrected chi connectivity index (χ1v) is 8.46. The molecule has 0 spiro atoms. The molecular weight excluding hydrogens is 296 g/mol. The van der Waals surface area contributed by atoms with Crippen molar-refractivity contribution < 1.29 is 9.53 Å². The van der Waals surface area contributed by atoms with Gasteiger partial charge in [-0.3, -0.25) is 4.79 Å².